The van der Waals surface area contributed by atoms with Gasteiger partial charge in [0.05, 0.1) is 17.1 Å². The zero-order chi connectivity index (χ0) is 19.7. The van der Waals surface area contributed by atoms with Crippen molar-refractivity contribution in [1.82, 2.24) is 14.5 Å². The molecule has 2 aromatic carbocycles. The van der Waals surface area contributed by atoms with Gasteiger partial charge in [-0.15, -0.1) is 0 Å². The molecule has 6 heteroatoms. The summed E-state index contributed by atoms with van der Waals surface area (Å²) in [5.74, 6) is 0.561. The zero-order valence-electron chi connectivity index (χ0n) is 16.0. The van der Waals surface area contributed by atoms with Crippen LogP contribution in [0.4, 0.5) is 0 Å². The maximum Gasteiger partial charge on any atom is 0.253 e. The first-order valence-electron chi connectivity index (χ1n) is 9.73. The summed E-state index contributed by atoms with van der Waals surface area (Å²) < 4.78 is 2.31. The third kappa shape index (κ3) is 3.26. The summed E-state index contributed by atoms with van der Waals surface area (Å²) in [6.45, 7) is 3.51. The van der Waals surface area contributed by atoms with E-state index in [2.05, 4.69) is 17.6 Å². The van der Waals surface area contributed by atoms with Crippen molar-refractivity contribution >= 4 is 22.8 Å². The second-order valence-electron chi connectivity index (χ2n) is 7.23. The quantitative estimate of drug-likeness (QED) is 0.759. The standard InChI is InChI=1S/C22H24N4O2/c1-2-20-24-18-7-3-4-8-19(18)26(20)17-6-5-13-25(14-17)22(28)16-11-9-15(10-12-16)21(23)27/h3-4,7-12,17H,2,5-6,13-14H2,1H3,(H2,23,27). The molecule has 1 aliphatic rings. The number of aromatic nitrogens is 2. The van der Waals surface area contributed by atoms with Crippen molar-refractivity contribution in [3.63, 3.8) is 0 Å². The largest absolute Gasteiger partial charge is 0.366 e. The van der Waals surface area contributed by atoms with Crippen molar-refractivity contribution in [3.8, 4) is 0 Å². The van der Waals surface area contributed by atoms with Crippen LogP contribution < -0.4 is 5.73 Å². The van der Waals surface area contributed by atoms with Gasteiger partial charge < -0.3 is 15.2 Å². The number of nitrogens with zero attached hydrogens (tertiary/aromatic N) is 3. The number of amides is 2. The molecule has 4 rings (SSSR count). The fourth-order valence-electron chi connectivity index (χ4n) is 4.06. The lowest BCUT2D eigenvalue weighted by Crippen LogP contribution is -2.41. The van der Waals surface area contributed by atoms with Gasteiger partial charge in [-0.2, -0.15) is 0 Å². The topological polar surface area (TPSA) is 81.2 Å². The van der Waals surface area contributed by atoms with Crippen LogP contribution in [-0.2, 0) is 6.42 Å². The van der Waals surface area contributed by atoms with Gasteiger partial charge in [0.2, 0.25) is 5.91 Å². The summed E-state index contributed by atoms with van der Waals surface area (Å²) >= 11 is 0. The highest BCUT2D eigenvalue weighted by Gasteiger charge is 2.28. The number of carbonyl (C=O) groups is 2. The molecule has 2 N–H and O–H groups in total. The molecule has 0 saturated carbocycles. The van der Waals surface area contributed by atoms with E-state index in [1.165, 1.54) is 0 Å². The zero-order valence-corrected chi connectivity index (χ0v) is 16.0. The first kappa shape index (κ1) is 18.2. The number of para-hydroxylation sites is 2. The molecule has 2 heterocycles. The summed E-state index contributed by atoms with van der Waals surface area (Å²) in [5.41, 5.74) is 8.41. The van der Waals surface area contributed by atoms with Gasteiger partial charge in [0.15, 0.2) is 0 Å². The minimum atomic E-state index is -0.490. The average Bonchev–Trinajstić information content (AvgIpc) is 3.12. The molecule has 144 valence electrons. The molecule has 1 atom stereocenters. The lowest BCUT2D eigenvalue weighted by Gasteiger charge is -2.34. The monoisotopic (exact) mass is 376 g/mol. The molecule has 0 spiro atoms. The van der Waals surface area contributed by atoms with Crippen LogP contribution in [0, 0.1) is 0 Å². The first-order chi connectivity index (χ1) is 13.6. The number of benzene rings is 2. The van der Waals surface area contributed by atoms with Crippen molar-refractivity contribution < 1.29 is 9.59 Å². The van der Waals surface area contributed by atoms with Gasteiger partial charge in [-0.1, -0.05) is 19.1 Å². The van der Waals surface area contributed by atoms with E-state index in [1.54, 1.807) is 24.3 Å². The molecule has 0 bridgehead atoms. The highest BCUT2D eigenvalue weighted by molar-refractivity contribution is 5.97. The van der Waals surface area contributed by atoms with E-state index >= 15 is 0 Å². The Labute approximate surface area is 164 Å². The highest BCUT2D eigenvalue weighted by Crippen LogP contribution is 2.29. The summed E-state index contributed by atoms with van der Waals surface area (Å²) in [7, 11) is 0. The van der Waals surface area contributed by atoms with Crippen LogP contribution in [0.15, 0.2) is 48.5 Å². The van der Waals surface area contributed by atoms with E-state index in [-0.39, 0.29) is 11.9 Å². The van der Waals surface area contributed by atoms with Crippen LogP contribution in [0.1, 0.15) is 52.3 Å². The molecule has 3 aromatic rings. The fraction of sp³-hybridized carbons (Fsp3) is 0.318. The molecule has 6 nitrogen and oxygen atoms in total. The molecule has 1 aromatic heterocycles. The molecule has 1 fully saturated rings. The minimum absolute atomic E-state index is 0.0109. The number of primary amides is 1. The van der Waals surface area contributed by atoms with Crippen LogP contribution in [0.25, 0.3) is 11.0 Å². The maximum atomic E-state index is 13.0. The van der Waals surface area contributed by atoms with Crippen molar-refractivity contribution in [2.45, 2.75) is 32.2 Å². The Bertz CT molecular complexity index is 1020. The first-order valence-corrected chi connectivity index (χ1v) is 9.73. The van der Waals surface area contributed by atoms with Crippen molar-refractivity contribution in [2.75, 3.05) is 13.1 Å². The number of likely N-dealkylation sites (tertiary alicyclic amines) is 1. The van der Waals surface area contributed by atoms with Crippen LogP contribution in [0.2, 0.25) is 0 Å². The summed E-state index contributed by atoms with van der Waals surface area (Å²) in [5, 5.41) is 0. The van der Waals surface area contributed by atoms with E-state index in [0.717, 1.165) is 42.7 Å². The summed E-state index contributed by atoms with van der Waals surface area (Å²) in [6.07, 6.45) is 2.83. The predicted molar refractivity (Wildman–Crippen MR) is 108 cm³/mol. The van der Waals surface area contributed by atoms with Gasteiger partial charge in [-0.3, -0.25) is 9.59 Å². The molecule has 1 aliphatic heterocycles. The second kappa shape index (κ2) is 7.46. The molecule has 1 unspecified atom stereocenters. The number of fused-ring (bicyclic) bond motifs is 1. The van der Waals surface area contributed by atoms with E-state index in [1.807, 2.05) is 23.1 Å². The number of carbonyl (C=O) groups excluding carboxylic acids is 2. The Kier molecular flexibility index (Phi) is 4.86. The van der Waals surface area contributed by atoms with E-state index < -0.39 is 5.91 Å². The van der Waals surface area contributed by atoms with Crippen LogP contribution in [0.3, 0.4) is 0 Å². The van der Waals surface area contributed by atoms with E-state index in [4.69, 9.17) is 10.7 Å². The number of rotatable bonds is 4. The van der Waals surface area contributed by atoms with E-state index in [9.17, 15) is 9.59 Å². The summed E-state index contributed by atoms with van der Waals surface area (Å²) in [6, 6.07) is 15.0. The van der Waals surface area contributed by atoms with Crippen molar-refractivity contribution in [2.24, 2.45) is 5.73 Å². The molecule has 0 radical (unpaired) electrons. The van der Waals surface area contributed by atoms with Crippen molar-refractivity contribution in [1.29, 1.82) is 0 Å². The third-order valence-corrected chi connectivity index (χ3v) is 5.45. The van der Waals surface area contributed by atoms with Gasteiger partial charge in [0, 0.05) is 30.6 Å². The Morgan fingerprint density at radius 1 is 1.11 bits per heavy atom. The Morgan fingerprint density at radius 3 is 2.54 bits per heavy atom. The van der Waals surface area contributed by atoms with Crippen LogP contribution in [-0.4, -0.2) is 39.4 Å². The number of piperidine rings is 1. The van der Waals surface area contributed by atoms with Gasteiger partial charge in [0.1, 0.15) is 5.82 Å². The number of hydrogen-bond acceptors (Lipinski definition) is 3. The molecular formula is C22H24N4O2. The van der Waals surface area contributed by atoms with Gasteiger partial charge >= 0.3 is 0 Å². The maximum absolute atomic E-state index is 13.0. The second-order valence-corrected chi connectivity index (χ2v) is 7.23. The fourth-order valence-corrected chi connectivity index (χ4v) is 4.06. The average molecular weight is 376 g/mol. The predicted octanol–water partition coefficient (Wildman–Crippen LogP) is 3.17. The highest BCUT2D eigenvalue weighted by atomic mass is 16.2. The van der Waals surface area contributed by atoms with Gasteiger partial charge in [-0.05, 0) is 49.2 Å². The number of aryl methyl sites for hydroxylation is 1. The molecular weight excluding hydrogens is 352 g/mol. The number of nitrogens with two attached hydrogens (primary N) is 1. The third-order valence-electron chi connectivity index (χ3n) is 5.45. The Hall–Kier alpha value is -3.15. The molecule has 0 aliphatic carbocycles. The SMILES string of the molecule is CCc1nc2ccccc2n1C1CCCN(C(=O)c2ccc(C(N)=O)cc2)C1. The van der Waals surface area contributed by atoms with Crippen LogP contribution >= 0.6 is 0 Å². The Balaban J connectivity index is 1.60. The van der Waals surface area contributed by atoms with Gasteiger partial charge in [-0.25, -0.2) is 4.98 Å². The van der Waals surface area contributed by atoms with Crippen molar-refractivity contribution in [3.05, 3.63) is 65.5 Å². The number of hydrogen-bond donors (Lipinski definition) is 1. The molecule has 2 amide bonds. The number of imidazole rings is 1. The summed E-state index contributed by atoms with van der Waals surface area (Å²) in [4.78, 5) is 30.9. The Morgan fingerprint density at radius 2 is 1.82 bits per heavy atom. The smallest absolute Gasteiger partial charge is 0.253 e. The normalized spacial score (nSPS) is 17.0. The van der Waals surface area contributed by atoms with E-state index in [0.29, 0.717) is 17.7 Å². The molecule has 28 heavy (non-hydrogen) atoms. The van der Waals surface area contributed by atoms with Gasteiger partial charge in [0.25, 0.3) is 5.91 Å². The lowest BCUT2D eigenvalue weighted by molar-refractivity contribution is 0.0679. The minimum Gasteiger partial charge on any atom is -0.366 e. The lowest BCUT2D eigenvalue weighted by atomic mass is 10.0. The molecule has 1 saturated heterocycles. The van der Waals surface area contributed by atoms with Crippen LogP contribution in [0.5, 0.6) is 0 Å².